The van der Waals surface area contributed by atoms with Crippen molar-refractivity contribution in [2.75, 3.05) is 13.7 Å². The fourth-order valence-electron chi connectivity index (χ4n) is 1.04. The normalized spacial score (nSPS) is 16.5. The fourth-order valence-corrected chi connectivity index (χ4v) is 2.73. The Bertz CT molecular complexity index is 306. The van der Waals surface area contributed by atoms with Gasteiger partial charge in [-0.3, -0.25) is 9.36 Å². The van der Waals surface area contributed by atoms with Gasteiger partial charge in [-0.25, -0.2) is 4.67 Å². The van der Waals surface area contributed by atoms with Gasteiger partial charge >= 0.3 is 5.97 Å². The minimum absolute atomic E-state index is 0.225. The molecule has 0 aliphatic rings. The number of carbonyl (C=O) groups is 1. The number of ether oxygens (including phenoxy) is 1. The Labute approximate surface area is 94.8 Å². The fraction of sp³-hybridized carbons (Fsp3) is 0.444. The van der Waals surface area contributed by atoms with Crippen molar-refractivity contribution in [2.45, 2.75) is 13.0 Å². The molecule has 0 aromatic carbocycles. The number of methoxy groups -OCH3 is 1. The van der Waals surface area contributed by atoms with E-state index in [-0.39, 0.29) is 6.54 Å². The average molecular weight is 252 g/mol. The second-order valence-corrected chi connectivity index (χ2v) is 6.26. The molecule has 0 aromatic heterocycles. The lowest BCUT2D eigenvalue weighted by atomic mass is 10.3. The summed E-state index contributed by atoms with van der Waals surface area (Å²) in [4.78, 5) is 11.3. The first kappa shape index (κ1) is 14.4. The summed E-state index contributed by atoms with van der Waals surface area (Å²) >= 11 is 5.77. The average Bonchev–Trinajstić information content (AvgIpc) is 2.23. The third kappa shape index (κ3) is 3.82. The van der Waals surface area contributed by atoms with Crippen molar-refractivity contribution in [3.8, 4) is 0 Å². The molecule has 15 heavy (non-hydrogen) atoms. The first-order valence-electron chi connectivity index (χ1n) is 4.29. The van der Waals surface area contributed by atoms with Crippen LogP contribution in [0.5, 0.6) is 0 Å². The van der Waals surface area contributed by atoms with Crippen LogP contribution in [0, 0.1) is 0 Å². The van der Waals surface area contributed by atoms with Gasteiger partial charge in [0.2, 0.25) is 0 Å². The summed E-state index contributed by atoms with van der Waals surface area (Å²) in [5.74, 6) is 0.636. The van der Waals surface area contributed by atoms with Crippen molar-refractivity contribution in [3.05, 3.63) is 25.1 Å². The summed E-state index contributed by atoms with van der Waals surface area (Å²) in [6.45, 7) is 5.45. The molecule has 0 N–H and O–H groups in total. The third-order valence-electron chi connectivity index (χ3n) is 1.88. The summed E-state index contributed by atoms with van der Waals surface area (Å²) in [5, 5.41) is 0. The van der Waals surface area contributed by atoms with E-state index >= 15 is 0 Å². The molecule has 2 atom stereocenters. The molecule has 4 nitrogen and oxygen atoms in total. The molecule has 0 spiro atoms. The monoisotopic (exact) mass is 251 g/mol. The standard InChI is InChI=1S/C9H15ClNO3P/c1-5-7-11(15(10,13)6-2)8(3)9(12)14-4/h5-6,8H,1-2,7H2,3-4H3/t8-,15?/m0/s1. The molecule has 0 amide bonds. The molecule has 0 rings (SSSR count). The topological polar surface area (TPSA) is 46.6 Å². The minimum Gasteiger partial charge on any atom is -0.468 e. The van der Waals surface area contributed by atoms with Gasteiger partial charge in [-0.15, -0.1) is 6.58 Å². The lowest BCUT2D eigenvalue weighted by Gasteiger charge is -2.27. The van der Waals surface area contributed by atoms with Gasteiger partial charge in [0.05, 0.1) is 7.11 Å². The molecule has 86 valence electrons. The Hall–Kier alpha value is -0.570. The van der Waals surface area contributed by atoms with Crippen molar-refractivity contribution in [1.29, 1.82) is 0 Å². The maximum Gasteiger partial charge on any atom is 0.323 e. The zero-order valence-corrected chi connectivity index (χ0v) is 10.5. The van der Waals surface area contributed by atoms with Gasteiger partial charge in [0, 0.05) is 6.54 Å². The van der Waals surface area contributed by atoms with Gasteiger partial charge in [0.25, 0.3) is 6.65 Å². The molecule has 0 aliphatic carbocycles. The molecule has 0 saturated carbocycles. The maximum absolute atomic E-state index is 11.9. The second-order valence-electron chi connectivity index (χ2n) is 2.84. The van der Waals surface area contributed by atoms with Crippen LogP contribution < -0.4 is 0 Å². The third-order valence-corrected chi connectivity index (χ3v) is 4.54. The zero-order chi connectivity index (χ0) is 12.1. The van der Waals surface area contributed by atoms with Gasteiger partial charge in [0.15, 0.2) is 0 Å². The molecule has 0 aromatic rings. The highest BCUT2D eigenvalue weighted by Gasteiger charge is 2.32. The molecule has 1 unspecified atom stereocenters. The molecule has 0 fully saturated rings. The summed E-state index contributed by atoms with van der Waals surface area (Å²) in [7, 11) is 1.26. The lowest BCUT2D eigenvalue weighted by molar-refractivity contribution is -0.144. The summed E-state index contributed by atoms with van der Waals surface area (Å²) in [6.07, 6.45) is 1.51. The smallest absolute Gasteiger partial charge is 0.323 e. The van der Waals surface area contributed by atoms with Crippen LogP contribution in [0.25, 0.3) is 0 Å². The molecular formula is C9H15ClNO3P. The minimum atomic E-state index is -3.23. The van der Waals surface area contributed by atoms with E-state index in [2.05, 4.69) is 17.9 Å². The highest BCUT2D eigenvalue weighted by molar-refractivity contribution is 7.89. The van der Waals surface area contributed by atoms with Crippen LogP contribution in [-0.4, -0.2) is 30.3 Å². The van der Waals surface area contributed by atoms with E-state index in [0.717, 1.165) is 5.82 Å². The van der Waals surface area contributed by atoms with Crippen molar-refractivity contribution in [2.24, 2.45) is 0 Å². The van der Waals surface area contributed by atoms with Crippen molar-refractivity contribution >= 4 is 23.9 Å². The van der Waals surface area contributed by atoms with E-state index < -0.39 is 18.7 Å². The van der Waals surface area contributed by atoms with Crippen molar-refractivity contribution in [1.82, 2.24) is 4.67 Å². The van der Waals surface area contributed by atoms with Crippen molar-refractivity contribution in [3.63, 3.8) is 0 Å². The predicted octanol–water partition coefficient (Wildman–Crippen LogP) is 2.61. The van der Waals surface area contributed by atoms with E-state index in [0.29, 0.717) is 0 Å². The molecule has 0 aliphatic heterocycles. The zero-order valence-electron chi connectivity index (χ0n) is 8.85. The van der Waals surface area contributed by atoms with Crippen LogP contribution in [0.15, 0.2) is 25.1 Å². The number of nitrogens with zero attached hydrogens (tertiary/aromatic N) is 1. The van der Waals surface area contributed by atoms with Crippen molar-refractivity contribution < 1.29 is 14.1 Å². The summed E-state index contributed by atoms with van der Waals surface area (Å²) < 4.78 is 17.7. The van der Waals surface area contributed by atoms with E-state index in [9.17, 15) is 9.36 Å². The highest BCUT2D eigenvalue weighted by atomic mass is 35.7. The Morgan fingerprint density at radius 3 is 2.53 bits per heavy atom. The Morgan fingerprint density at radius 2 is 2.20 bits per heavy atom. The first-order valence-corrected chi connectivity index (χ1v) is 6.93. The van der Waals surface area contributed by atoms with Gasteiger partial charge in [-0.05, 0) is 24.0 Å². The number of esters is 1. The Kier molecular flexibility index (Phi) is 5.88. The Balaban J connectivity index is 4.96. The van der Waals surface area contributed by atoms with Gasteiger partial charge < -0.3 is 4.74 Å². The molecule has 0 bridgehead atoms. The summed E-state index contributed by atoms with van der Waals surface area (Å²) in [6, 6.07) is -0.700. The van der Waals surface area contributed by atoms with Gasteiger partial charge in [0.1, 0.15) is 6.04 Å². The maximum atomic E-state index is 11.9. The molecule has 0 heterocycles. The number of hydrogen-bond donors (Lipinski definition) is 0. The molecular weight excluding hydrogens is 237 g/mol. The molecule has 0 radical (unpaired) electrons. The summed E-state index contributed by atoms with van der Waals surface area (Å²) in [5.41, 5.74) is 0. The number of carbonyl (C=O) groups excluding carboxylic acids is 1. The van der Waals surface area contributed by atoms with E-state index in [4.69, 9.17) is 11.2 Å². The van der Waals surface area contributed by atoms with Crippen LogP contribution >= 0.6 is 17.9 Å². The van der Waals surface area contributed by atoms with Gasteiger partial charge in [-0.2, -0.15) is 0 Å². The highest BCUT2D eigenvalue weighted by Crippen LogP contribution is 2.56. The SMILES string of the molecule is C=CCN([C@@H](C)C(=O)OC)P(=O)(Cl)C=C. The first-order chi connectivity index (χ1) is 6.90. The van der Waals surface area contributed by atoms with Crippen LogP contribution in [0.1, 0.15) is 6.92 Å². The Morgan fingerprint density at radius 1 is 1.67 bits per heavy atom. The predicted molar refractivity (Wildman–Crippen MR) is 62.0 cm³/mol. The van der Waals surface area contributed by atoms with Crippen LogP contribution in [-0.2, 0) is 14.1 Å². The van der Waals surface area contributed by atoms with E-state index in [1.807, 2.05) is 0 Å². The second kappa shape index (κ2) is 6.11. The van der Waals surface area contributed by atoms with E-state index in [1.54, 1.807) is 6.92 Å². The van der Waals surface area contributed by atoms with E-state index in [1.165, 1.54) is 17.9 Å². The number of rotatable bonds is 6. The van der Waals surface area contributed by atoms with Gasteiger partial charge in [-0.1, -0.05) is 12.7 Å². The largest absolute Gasteiger partial charge is 0.468 e. The van der Waals surface area contributed by atoms with Crippen LogP contribution in [0.2, 0.25) is 0 Å². The lowest BCUT2D eigenvalue weighted by Crippen LogP contribution is -2.36. The van der Waals surface area contributed by atoms with Crippen LogP contribution in [0.3, 0.4) is 0 Å². The quantitative estimate of drug-likeness (QED) is 0.414. The van der Waals surface area contributed by atoms with Crippen LogP contribution in [0.4, 0.5) is 0 Å². The number of halogens is 1. The number of hydrogen-bond acceptors (Lipinski definition) is 3. The molecule has 6 heteroatoms. The molecule has 0 saturated heterocycles.